The number of halogens is 2. The minimum atomic E-state index is -1.39. The molecular weight excluding hydrogens is 562 g/mol. The van der Waals surface area contributed by atoms with Gasteiger partial charge in [0.1, 0.15) is 5.60 Å². The largest absolute Gasteiger partial charge is 0.376 e. The molecule has 0 bridgehead atoms. The van der Waals surface area contributed by atoms with Gasteiger partial charge in [0.05, 0.1) is 5.69 Å². The van der Waals surface area contributed by atoms with Gasteiger partial charge in [-0.25, -0.2) is 0 Å². The molecule has 0 aromatic heterocycles. The highest BCUT2D eigenvalue weighted by atomic mass is 79.9. The van der Waals surface area contributed by atoms with Crippen LogP contribution in [0.1, 0.15) is 16.7 Å². The summed E-state index contributed by atoms with van der Waals surface area (Å²) in [4.78, 5) is 2.19. The van der Waals surface area contributed by atoms with Gasteiger partial charge in [-0.05, 0) is 65.7 Å². The molecule has 0 aliphatic carbocycles. The van der Waals surface area contributed by atoms with E-state index in [-0.39, 0.29) is 0 Å². The fourth-order valence-electron chi connectivity index (χ4n) is 4.42. The van der Waals surface area contributed by atoms with Gasteiger partial charge in [-0.2, -0.15) is 0 Å². The van der Waals surface area contributed by atoms with Crippen molar-refractivity contribution in [2.24, 2.45) is 0 Å². The van der Waals surface area contributed by atoms with E-state index in [2.05, 4.69) is 67.1 Å². The highest BCUT2D eigenvalue weighted by Gasteiger charge is 2.37. The van der Waals surface area contributed by atoms with E-state index in [1.807, 2.05) is 103 Å². The molecule has 2 nitrogen and oxygen atoms in total. The summed E-state index contributed by atoms with van der Waals surface area (Å²) >= 11 is 7.07. The normalized spacial score (nSPS) is 11.3. The van der Waals surface area contributed by atoms with Crippen LogP contribution >= 0.6 is 31.9 Å². The Balaban J connectivity index is 1.80. The molecule has 0 fully saturated rings. The molecule has 1 N–H and O–H groups in total. The highest BCUT2D eigenvalue weighted by Crippen LogP contribution is 2.45. The minimum absolute atomic E-state index is 0.788. The van der Waals surface area contributed by atoms with E-state index in [4.69, 9.17) is 0 Å². The lowest BCUT2D eigenvalue weighted by Crippen LogP contribution is -2.31. The van der Waals surface area contributed by atoms with Crippen molar-refractivity contribution in [3.05, 3.63) is 159 Å². The lowest BCUT2D eigenvalue weighted by Gasteiger charge is -2.36. The second-order valence-corrected chi connectivity index (χ2v) is 10.1. The van der Waals surface area contributed by atoms with Crippen LogP contribution in [0.3, 0.4) is 0 Å². The standard InChI is InChI=1S/C31H23Br2NO/c32-25-19-15-23(16-20-25)31(35,24-17-21-26(33)22-18-24)29-13-7-8-14-30(29)34(27-9-3-1-4-10-27)28-11-5-2-6-12-28/h1-22,35H. The van der Waals surface area contributed by atoms with Crippen molar-refractivity contribution < 1.29 is 5.11 Å². The smallest absolute Gasteiger partial charge is 0.142 e. The molecule has 5 aromatic carbocycles. The van der Waals surface area contributed by atoms with Crippen LogP contribution in [0, 0.1) is 0 Å². The fourth-order valence-corrected chi connectivity index (χ4v) is 4.94. The summed E-state index contributed by atoms with van der Waals surface area (Å²) in [6.45, 7) is 0. The monoisotopic (exact) mass is 583 g/mol. The zero-order chi connectivity index (χ0) is 24.3. The van der Waals surface area contributed by atoms with Crippen LogP contribution in [0.25, 0.3) is 0 Å². The lowest BCUT2D eigenvalue weighted by molar-refractivity contribution is 0.126. The first kappa shape index (κ1) is 23.6. The molecule has 0 aliphatic heterocycles. The van der Waals surface area contributed by atoms with Crippen LogP contribution in [-0.2, 0) is 5.60 Å². The maximum atomic E-state index is 12.7. The van der Waals surface area contributed by atoms with E-state index in [0.717, 1.165) is 42.7 Å². The average Bonchev–Trinajstić information content (AvgIpc) is 2.91. The van der Waals surface area contributed by atoms with Crippen molar-refractivity contribution in [1.82, 2.24) is 0 Å². The molecule has 0 amide bonds. The third kappa shape index (κ3) is 4.70. The SMILES string of the molecule is OC(c1ccc(Br)cc1)(c1ccc(Br)cc1)c1ccccc1N(c1ccccc1)c1ccccc1. The predicted octanol–water partition coefficient (Wildman–Crippen LogP) is 8.97. The number of anilines is 3. The number of hydrogen-bond donors (Lipinski definition) is 1. The summed E-state index contributed by atoms with van der Waals surface area (Å²) in [5.74, 6) is 0. The van der Waals surface area contributed by atoms with Crippen LogP contribution in [-0.4, -0.2) is 5.11 Å². The molecule has 0 atom stereocenters. The van der Waals surface area contributed by atoms with Crippen LogP contribution in [0.15, 0.2) is 142 Å². The molecule has 0 unspecified atom stereocenters. The van der Waals surface area contributed by atoms with Crippen molar-refractivity contribution in [3.63, 3.8) is 0 Å². The minimum Gasteiger partial charge on any atom is -0.376 e. The lowest BCUT2D eigenvalue weighted by atomic mass is 9.79. The van der Waals surface area contributed by atoms with Gasteiger partial charge in [0.2, 0.25) is 0 Å². The summed E-state index contributed by atoms with van der Waals surface area (Å²) in [5.41, 5.74) is 3.91. The Morgan fingerprint density at radius 1 is 0.486 bits per heavy atom. The van der Waals surface area contributed by atoms with Gasteiger partial charge in [0.15, 0.2) is 0 Å². The van der Waals surface area contributed by atoms with E-state index in [9.17, 15) is 5.11 Å². The van der Waals surface area contributed by atoms with E-state index in [0.29, 0.717) is 0 Å². The Bertz CT molecular complexity index is 1320. The van der Waals surface area contributed by atoms with Crippen LogP contribution in [0.4, 0.5) is 17.1 Å². The molecule has 0 saturated heterocycles. The van der Waals surface area contributed by atoms with E-state index in [1.165, 1.54) is 0 Å². The van der Waals surface area contributed by atoms with Gasteiger partial charge in [-0.1, -0.05) is 111 Å². The second-order valence-electron chi connectivity index (χ2n) is 8.25. The third-order valence-corrected chi connectivity index (χ3v) is 7.14. The Morgan fingerprint density at radius 3 is 1.34 bits per heavy atom. The number of hydrogen-bond acceptors (Lipinski definition) is 2. The average molecular weight is 585 g/mol. The number of rotatable bonds is 6. The van der Waals surface area contributed by atoms with E-state index < -0.39 is 5.60 Å². The predicted molar refractivity (Wildman–Crippen MR) is 152 cm³/mol. The molecule has 0 spiro atoms. The number of nitrogens with zero attached hydrogens (tertiary/aromatic N) is 1. The molecule has 0 radical (unpaired) electrons. The van der Waals surface area contributed by atoms with Crippen molar-refractivity contribution in [2.45, 2.75) is 5.60 Å². The first-order valence-electron chi connectivity index (χ1n) is 11.3. The summed E-state index contributed by atoms with van der Waals surface area (Å²) in [6, 6.07) is 44.3. The molecule has 0 aliphatic rings. The third-order valence-electron chi connectivity index (χ3n) is 6.09. The highest BCUT2D eigenvalue weighted by molar-refractivity contribution is 9.10. The van der Waals surface area contributed by atoms with Crippen molar-refractivity contribution in [3.8, 4) is 0 Å². The first-order valence-corrected chi connectivity index (χ1v) is 12.9. The van der Waals surface area contributed by atoms with Crippen molar-refractivity contribution >= 4 is 48.9 Å². The molecule has 172 valence electrons. The van der Waals surface area contributed by atoms with Gasteiger partial charge in [0, 0.05) is 25.9 Å². The molecule has 4 heteroatoms. The van der Waals surface area contributed by atoms with Crippen LogP contribution in [0.5, 0.6) is 0 Å². The van der Waals surface area contributed by atoms with Gasteiger partial charge in [0.25, 0.3) is 0 Å². The molecule has 0 saturated carbocycles. The summed E-state index contributed by atoms with van der Waals surface area (Å²) in [7, 11) is 0. The zero-order valence-corrected chi connectivity index (χ0v) is 22.0. The first-order chi connectivity index (χ1) is 17.1. The van der Waals surface area contributed by atoms with E-state index in [1.54, 1.807) is 0 Å². The Kier molecular flexibility index (Phi) is 6.87. The van der Waals surface area contributed by atoms with Crippen molar-refractivity contribution in [1.29, 1.82) is 0 Å². The fraction of sp³-hybridized carbons (Fsp3) is 0.0323. The second kappa shape index (κ2) is 10.2. The van der Waals surface area contributed by atoms with Gasteiger partial charge >= 0.3 is 0 Å². The molecule has 5 aromatic rings. The number of aliphatic hydroxyl groups is 1. The summed E-state index contributed by atoms with van der Waals surface area (Å²) in [6.07, 6.45) is 0. The molecular formula is C31H23Br2NO. The zero-order valence-electron chi connectivity index (χ0n) is 18.9. The number of benzene rings is 5. The van der Waals surface area contributed by atoms with Gasteiger partial charge < -0.3 is 10.0 Å². The van der Waals surface area contributed by atoms with Crippen LogP contribution in [0.2, 0.25) is 0 Å². The Hall–Kier alpha value is -3.18. The van der Waals surface area contributed by atoms with Crippen molar-refractivity contribution in [2.75, 3.05) is 4.90 Å². The maximum absolute atomic E-state index is 12.7. The number of para-hydroxylation sites is 3. The Labute approximate surface area is 222 Å². The summed E-state index contributed by atoms with van der Waals surface area (Å²) < 4.78 is 1.92. The topological polar surface area (TPSA) is 23.5 Å². The quantitative estimate of drug-likeness (QED) is 0.201. The van der Waals surface area contributed by atoms with Crippen LogP contribution < -0.4 is 4.90 Å². The van der Waals surface area contributed by atoms with Gasteiger partial charge in [-0.3, -0.25) is 0 Å². The molecule has 5 rings (SSSR count). The summed E-state index contributed by atoms with van der Waals surface area (Å²) in [5, 5.41) is 12.7. The van der Waals surface area contributed by atoms with Gasteiger partial charge in [-0.15, -0.1) is 0 Å². The molecule has 35 heavy (non-hydrogen) atoms. The van der Waals surface area contributed by atoms with E-state index >= 15 is 0 Å². The Morgan fingerprint density at radius 2 is 0.886 bits per heavy atom. The molecule has 0 heterocycles. The maximum Gasteiger partial charge on any atom is 0.142 e.